The molecule has 1 N–H and O–H groups in total. The van der Waals surface area contributed by atoms with Crippen LogP contribution in [0.25, 0.3) is 0 Å². The van der Waals surface area contributed by atoms with Crippen molar-refractivity contribution in [2.75, 3.05) is 26.7 Å². The summed E-state index contributed by atoms with van der Waals surface area (Å²) >= 11 is 1.77. The summed E-state index contributed by atoms with van der Waals surface area (Å²) in [7, 11) is 2.15. The molecular weight excluding hydrogens is 456 g/mol. The predicted octanol–water partition coefficient (Wildman–Crippen LogP) is 4.53. The first kappa shape index (κ1) is 24.9. The average molecular weight is 499 g/mol. The van der Waals surface area contributed by atoms with Crippen molar-refractivity contribution < 1.29 is 4.79 Å². The summed E-state index contributed by atoms with van der Waals surface area (Å²) in [6.45, 7) is 9.62. The molecule has 0 unspecified atom stereocenters. The zero-order chi connectivity index (χ0) is 24.5. The van der Waals surface area contributed by atoms with E-state index in [-0.39, 0.29) is 17.9 Å². The van der Waals surface area contributed by atoms with Gasteiger partial charge >= 0.3 is 0 Å². The Morgan fingerprint density at radius 3 is 2.46 bits per heavy atom. The lowest BCUT2D eigenvalue weighted by atomic mass is 9.94. The maximum atomic E-state index is 13.1. The number of aryl methyl sites for hydroxylation is 1. The van der Waals surface area contributed by atoms with E-state index in [0.29, 0.717) is 24.0 Å². The van der Waals surface area contributed by atoms with Gasteiger partial charge in [0.25, 0.3) is 0 Å². The van der Waals surface area contributed by atoms with E-state index in [1.807, 2.05) is 0 Å². The molecule has 192 valence electrons. The number of carbonyl (C=O) groups excluding carboxylic acids is 1. The van der Waals surface area contributed by atoms with Crippen molar-refractivity contribution in [1.29, 1.82) is 0 Å². The third kappa shape index (κ3) is 5.35. The second kappa shape index (κ2) is 10.7. The fraction of sp³-hybridized carbons (Fsp3) is 0.741. The zero-order valence-electron chi connectivity index (χ0n) is 21.8. The largest absolute Gasteiger partial charge is 0.348 e. The quantitative estimate of drug-likeness (QED) is 0.579. The number of amides is 1. The molecule has 7 nitrogen and oxygen atoms in total. The van der Waals surface area contributed by atoms with E-state index in [1.165, 1.54) is 30.6 Å². The molecule has 2 aromatic rings. The Hall–Kier alpha value is -1.77. The number of hydrogen-bond donors (Lipinski definition) is 1. The van der Waals surface area contributed by atoms with Gasteiger partial charge in [-0.2, -0.15) is 0 Å². The molecule has 3 atom stereocenters. The van der Waals surface area contributed by atoms with Crippen LogP contribution < -0.4 is 5.32 Å². The van der Waals surface area contributed by atoms with Crippen LogP contribution in [0.5, 0.6) is 0 Å². The minimum atomic E-state index is 0.118. The third-order valence-corrected chi connectivity index (χ3v) is 9.59. The number of fused-ring (bicyclic) bond motifs is 2. The van der Waals surface area contributed by atoms with Crippen molar-refractivity contribution >= 4 is 17.2 Å². The molecule has 35 heavy (non-hydrogen) atoms. The topological polar surface area (TPSA) is 66.3 Å². The first-order valence-corrected chi connectivity index (χ1v) is 14.5. The minimum absolute atomic E-state index is 0.118. The number of carbonyl (C=O) groups is 1. The summed E-state index contributed by atoms with van der Waals surface area (Å²) < 4.78 is 2.43. The maximum Gasteiger partial charge on any atom is 0.223 e. The van der Waals surface area contributed by atoms with Gasteiger partial charge in [-0.25, -0.2) is 0 Å². The lowest BCUT2D eigenvalue weighted by Crippen LogP contribution is -2.45. The average Bonchev–Trinajstić information content (AvgIpc) is 3.55. The summed E-state index contributed by atoms with van der Waals surface area (Å²) in [4.78, 5) is 19.5. The van der Waals surface area contributed by atoms with Gasteiger partial charge in [0.05, 0.1) is 6.04 Å². The van der Waals surface area contributed by atoms with Crippen molar-refractivity contribution in [2.45, 2.75) is 95.8 Å². The molecule has 5 rings (SSSR count). The standard InChI is InChI=1S/C27H42N6OS/c1-18(2)26-30-29-19(3)33(26)23-16-21-7-8-22(17-23)32(21)14-11-24(25-6-5-15-35-25)28-27(34)20-9-12-31(4)13-10-20/h5-6,15,18,20-24H,7-14,16-17H2,1-4H3,(H,28,34)/t21-,22-,24-/m0/s1. The molecule has 3 fully saturated rings. The fourth-order valence-electron chi connectivity index (χ4n) is 6.67. The fourth-order valence-corrected chi connectivity index (χ4v) is 7.48. The van der Waals surface area contributed by atoms with Crippen LogP contribution in [-0.4, -0.2) is 69.2 Å². The number of nitrogens with one attached hydrogen (secondary N) is 1. The molecule has 2 bridgehead atoms. The Balaban J connectivity index is 1.23. The SMILES string of the molecule is Cc1nnc(C(C)C)n1C1C[C@@H]2CC[C@@H](C1)N2CC[C@H](NC(=O)C1CCN(C)CC1)c1cccs1. The summed E-state index contributed by atoms with van der Waals surface area (Å²) in [5.41, 5.74) is 0. The highest BCUT2D eigenvalue weighted by atomic mass is 32.1. The van der Waals surface area contributed by atoms with Gasteiger partial charge in [0.15, 0.2) is 0 Å². The Bertz CT molecular complexity index is 966. The van der Waals surface area contributed by atoms with Crippen molar-refractivity contribution in [1.82, 2.24) is 29.9 Å². The van der Waals surface area contributed by atoms with E-state index in [9.17, 15) is 4.79 Å². The number of aromatic nitrogens is 3. The highest BCUT2D eigenvalue weighted by molar-refractivity contribution is 7.10. The minimum Gasteiger partial charge on any atom is -0.348 e. The summed E-state index contributed by atoms with van der Waals surface area (Å²) in [6, 6.07) is 6.16. The molecule has 0 saturated carbocycles. The lowest BCUT2D eigenvalue weighted by Gasteiger charge is -2.40. The molecule has 0 aliphatic carbocycles. The third-order valence-electron chi connectivity index (χ3n) is 8.60. The van der Waals surface area contributed by atoms with Gasteiger partial charge in [-0.3, -0.25) is 9.69 Å². The molecule has 8 heteroatoms. The Labute approximate surface area is 214 Å². The molecule has 2 aromatic heterocycles. The van der Waals surface area contributed by atoms with Crippen LogP contribution in [-0.2, 0) is 4.79 Å². The van der Waals surface area contributed by atoms with E-state index in [4.69, 9.17) is 0 Å². The van der Waals surface area contributed by atoms with E-state index in [0.717, 1.165) is 50.5 Å². The molecular formula is C27H42N6OS. The van der Waals surface area contributed by atoms with Gasteiger partial charge in [0.2, 0.25) is 5.91 Å². The maximum absolute atomic E-state index is 13.1. The predicted molar refractivity (Wildman–Crippen MR) is 141 cm³/mol. The van der Waals surface area contributed by atoms with Gasteiger partial charge in [0.1, 0.15) is 11.6 Å². The van der Waals surface area contributed by atoms with Crippen LogP contribution in [0.4, 0.5) is 0 Å². The number of hydrogen-bond acceptors (Lipinski definition) is 6. The monoisotopic (exact) mass is 498 g/mol. The lowest BCUT2D eigenvalue weighted by molar-refractivity contribution is -0.127. The highest BCUT2D eigenvalue weighted by Crippen LogP contribution is 2.42. The summed E-state index contributed by atoms with van der Waals surface area (Å²) in [6.07, 6.45) is 7.85. The molecule has 5 heterocycles. The van der Waals surface area contributed by atoms with Crippen molar-refractivity contribution in [3.05, 3.63) is 34.0 Å². The van der Waals surface area contributed by atoms with Crippen LogP contribution in [0.15, 0.2) is 17.5 Å². The first-order chi connectivity index (χ1) is 16.9. The number of likely N-dealkylation sites (tertiary alicyclic amines) is 1. The molecule has 1 amide bonds. The molecule has 0 spiro atoms. The molecule has 0 aromatic carbocycles. The molecule has 0 radical (unpaired) electrons. The summed E-state index contributed by atoms with van der Waals surface area (Å²) in [5.74, 6) is 2.99. The van der Waals surface area contributed by atoms with Crippen LogP contribution in [0, 0.1) is 12.8 Å². The van der Waals surface area contributed by atoms with Gasteiger partial charge in [-0.05, 0) is 83.5 Å². The number of rotatable bonds is 8. The van der Waals surface area contributed by atoms with E-state index in [2.05, 4.69) is 75.2 Å². The van der Waals surface area contributed by atoms with E-state index < -0.39 is 0 Å². The molecule has 3 saturated heterocycles. The van der Waals surface area contributed by atoms with Crippen molar-refractivity contribution in [3.63, 3.8) is 0 Å². The summed E-state index contributed by atoms with van der Waals surface area (Å²) in [5, 5.41) is 14.5. The van der Waals surface area contributed by atoms with Crippen LogP contribution in [0.2, 0.25) is 0 Å². The molecule has 3 aliphatic rings. The Kier molecular flexibility index (Phi) is 7.61. The number of nitrogens with zero attached hydrogens (tertiary/aromatic N) is 5. The Morgan fingerprint density at radius 1 is 1.11 bits per heavy atom. The zero-order valence-corrected chi connectivity index (χ0v) is 22.6. The normalized spacial score (nSPS) is 26.9. The van der Waals surface area contributed by atoms with Crippen LogP contribution in [0.1, 0.15) is 93.3 Å². The number of thiophene rings is 1. The van der Waals surface area contributed by atoms with E-state index >= 15 is 0 Å². The van der Waals surface area contributed by atoms with Crippen LogP contribution >= 0.6 is 11.3 Å². The van der Waals surface area contributed by atoms with Crippen molar-refractivity contribution in [3.8, 4) is 0 Å². The smallest absolute Gasteiger partial charge is 0.223 e. The second-order valence-corrected chi connectivity index (χ2v) is 12.3. The van der Waals surface area contributed by atoms with Gasteiger partial charge < -0.3 is 14.8 Å². The van der Waals surface area contributed by atoms with Gasteiger partial charge in [-0.1, -0.05) is 19.9 Å². The highest BCUT2D eigenvalue weighted by Gasteiger charge is 2.42. The molecule has 3 aliphatic heterocycles. The second-order valence-electron chi connectivity index (χ2n) is 11.3. The number of piperidine rings is 2. The Morgan fingerprint density at radius 2 is 1.83 bits per heavy atom. The van der Waals surface area contributed by atoms with Crippen LogP contribution in [0.3, 0.4) is 0 Å². The van der Waals surface area contributed by atoms with Crippen molar-refractivity contribution in [2.24, 2.45) is 5.92 Å². The first-order valence-electron chi connectivity index (χ1n) is 13.6. The van der Waals surface area contributed by atoms with E-state index in [1.54, 1.807) is 11.3 Å². The van der Waals surface area contributed by atoms with Gasteiger partial charge in [-0.15, -0.1) is 21.5 Å². The van der Waals surface area contributed by atoms with Gasteiger partial charge in [0, 0.05) is 41.4 Å².